The van der Waals surface area contributed by atoms with Crippen molar-refractivity contribution in [1.82, 2.24) is 18.7 Å². The van der Waals surface area contributed by atoms with Crippen LogP contribution in [-0.4, -0.2) is 71.3 Å². The molecule has 3 aromatic rings. The molecular weight excluding hydrogens is 541 g/mol. The highest BCUT2D eigenvalue weighted by Gasteiger charge is 2.48. The van der Waals surface area contributed by atoms with Crippen molar-refractivity contribution >= 4 is 25.0 Å². The highest BCUT2D eigenvalue weighted by Crippen LogP contribution is 2.33. The van der Waals surface area contributed by atoms with Crippen LogP contribution in [0.15, 0.2) is 40.4 Å². The second-order valence-corrected chi connectivity index (χ2v) is 9.87. The number of phosphoric ester groups is 1. The van der Waals surface area contributed by atoms with Crippen LogP contribution < -0.4 is 20.7 Å². The number of aryl methyl sites for hydroxylation is 1. The summed E-state index contributed by atoms with van der Waals surface area (Å²) in [5, 5.41) is 20.5. The number of nitrogens with zero attached hydrogens (tertiary/aromatic N) is 5. The van der Waals surface area contributed by atoms with Crippen LogP contribution in [0.25, 0.3) is 11.2 Å². The molecule has 1 fully saturated rings. The molecule has 0 bridgehead atoms. The fourth-order valence-corrected chi connectivity index (χ4v) is 4.68. The summed E-state index contributed by atoms with van der Waals surface area (Å²) in [4.78, 5) is 61.8. The zero-order chi connectivity index (χ0) is 28.5. The molecule has 17 heteroatoms. The molecule has 1 aliphatic heterocycles. The van der Waals surface area contributed by atoms with Crippen LogP contribution in [0, 0.1) is 0 Å². The fourth-order valence-electron chi connectivity index (χ4n) is 4.34. The van der Waals surface area contributed by atoms with Gasteiger partial charge in [0, 0.05) is 19.2 Å². The summed E-state index contributed by atoms with van der Waals surface area (Å²) in [6, 6.07) is 2.92. The molecule has 0 saturated carbocycles. The Bertz CT molecular complexity index is 1530. The highest BCUT2D eigenvalue weighted by molar-refractivity contribution is 7.44. The molecule has 16 nitrogen and oxygen atoms in total. The van der Waals surface area contributed by atoms with Crippen LogP contribution in [0.2, 0.25) is 0 Å². The first-order chi connectivity index (χ1) is 18.5. The van der Waals surface area contributed by atoms with Gasteiger partial charge < -0.3 is 38.6 Å². The smallest absolute Gasteiger partial charge is 0.344 e. The van der Waals surface area contributed by atoms with E-state index in [0.717, 1.165) is 4.57 Å². The molecule has 4 heterocycles. The summed E-state index contributed by atoms with van der Waals surface area (Å²) in [5.41, 5.74) is -0.413. The van der Waals surface area contributed by atoms with Crippen molar-refractivity contribution in [3.8, 4) is 0 Å². The minimum atomic E-state index is -5.06. The maximum atomic E-state index is 12.9. The molecule has 0 amide bonds. The molecule has 1 unspecified atom stereocenters. The molecule has 3 aromatic heterocycles. The molecule has 0 spiro atoms. The van der Waals surface area contributed by atoms with E-state index in [0.29, 0.717) is 6.54 Å². The van der Waals surface area contributed by atoms with Gasteiger partial charge in [0.2, 0.25) is 0 Å². The van der Waals surface area contributed by atoms with E-state index in [-0.39, 0.29) is 36.4 Å². The van der Waals surface area contributed by atoms with Crippen LogP contribution >= 0.6 is 7.82 Å². The van der Waals surface area contributed by atoms with Crippen LogP contribution in [0.4, 0.5) is 0 Å². The second kappa shape index (κ2) is 11.5. The molecule has 39 heavy (non-hydrogen) atoms. The Balaban J connectivity index is 1.45. The van der Waals surface area contributed by atoms with E-state index < -0.39 is 56.2 Å². The van der Waals surface area contributed by atoms with Gasteiger partial charge in [-0.05, 0) is 19.9 Å². The lowest BCUT2D eigenvalue weighted by atomic mass is 10.1. The molecule has 212 valence electrons. The van der Waals surface area contributed by atoms with Crippen molar-refractivity contribution in [3.05, 3.63) is 57.3 Å². The topological polar surface area (TPSA) is 211 Å². The molecule has 0 aromatic carbocycles. The Morgan fingerprint density at radius 3 is 2.62 bits per heavy atom. The van der Waals surface area contributed by atoms with Crippen LogP contribution in [0.5, 0.6) is 0 Å². The number of pyridine rings is 1. The normalized spacial score (nSPS) is 22.7. The van der Waals surface area contributed by atoms with Crippen molar-refractivity contribution in [2.24, 2.45) is 0 Å². The van der Waals surface area contributed by atoms with Crippen molar-refractivity contribution in [2.45, 2.75) is 58.0 Å². The number of carbonyl (C=O) groups excluding carboxylic acids is 1. The van der Waals surface area contributed by atoms with Gasteiger partial charge in [0.1, 0.15) is 24.4 Å². The largest absolute Gasteiger partial charge is 0.756 e. The quantitative estimate of drug-likeness (QED) is 0.133. The third kappa shape index (κ3) is 5.86. The van der Waals surface area contributed by atoms with Gasteiger partial charge in [0.25, 0.3) is 19.6 Å². The summed E-state index contributed by atoms with van der Waals surface area (Å²) >= 11 is 0. The molecule has 0 radical (unpaired) electrons. The second-order valence-electron chi connectivity index (χ2n) is 8.67. The number of rotatable bonds is 10. The van der Waals surface area contributed by atoms with Crippen molar-refractivity contribution in [1.29, 1.82) is 0 Å². The Kier molecular flexibility index (Phi) is 8.46. The van der Waals surface area contributed by atoms with E-state index >= 15 is 0 Å². The molecule has 0 aliphatic carbocycles. The lowest BCUT2D eigenvalue weighted by Crippen LogP contribution is -2.46. The van der Waals surface area contributed by atoms with E-state index in [2.05, 4.69) is 9.51 Å². The number of aliphatic hydroxyl groups excluding tert-OH is 2. The SMILES string of the molecule is CCn1c(=O)c2c(ncn2CCOC(=O)c2ccc[n+]([C@@H]3O[C@H](COP(=O)([O-])O)[C@@H](O)[C@H]3O)c2)n(CC)c1=O. The number of esters is 1. The average molecular weight is 569 g/mol. The number of fused-ring (bicyclic) bond motifs is 1. The number of aliphatic hydroxyl groups is 2. The lowest BCUT2D eigenvalue weighted by molar-refractivity contribution is -0.765. The molecule has 1 aliphatic rings. The highest BCUT2D eigenvalue weighted by atomic mass is 31.2. The number of aromatic nitrogens is 5. The molecule has 5 atom stereocenters. The van der Waals surface area contributed by atoms with Gasteiger partial charge in [-0.1, -0.05) is 0 Å². The van der Waals surface area contributed by atoms with E-state index in [1.54, 1.807) is 13.8 Å². The molecule has 3 N–H and O–H groups in total. The number of hydrogen-bond acceptors (Lipinski definition) is 11. The predicted molar refractivity (Wildman–Crippen MR) is 128 cm³/mol. The van der Waals surface area contributed by atoms with Crippen LogP contribution in [-0.2, 0) is 38.2 Å². The van der Waals surface area contributed by atoms with Crippen molar-refractivity contribution < 1.29 is 47.9 Å². The molecule has 1 saturated heterocycles. The first-order valence-electron chi connectivity index (χ1n) is 12.0. The zero-order valence-corrected chi connectivity index (χ0v) is 21.9. The molecular formula is C22H28N5O11P. The summed E-state index contributed by atoms with van der Waals surface area (Å²) < 4.78 is 31.2. The minimum absolute atomic E-state index is 0.0746. The Morgan fingerprint density at radius 1 is 1.23 bits per heavy atom. The van der Waals surface area contributed by atoms with Gasteiger partial charge in [-0.2, -0.15) is 4.57 Å². The van der Waals surface area contributed by atoms with E-state index in [1.165, 1.54) is 44.6 Å². The van der Waals surface area contributed by atoms with Gasteiger partial charge in [0.05, 0.1) is 19.5 Å². The Morgan fingerprint density at radius 2 is 1.95 bits per heavy atom. The number of carbonyl (C=O) groups is 1. The monoisotopic (exact) mass is 569 g/mol. The van der Waals surface area contributed by atoms with Gasteiger partial charge in [-0.25, -0.2) is 14.6 Å². The van der Waals surface area contributed by atoms with Gasteiger partial charge >= 0.3 is 11.7 Å². The standard InChI is InChI=1S/C22H28N5O11P/c1-3-26-18-15(19(30)27(4-2)22(26)32)25(12-23-18)8-9-36-21(31)13-6-5-7-24(10-13)20-17(29)16(28)14(38-20)11-37-39(33,34)35/h5-7,10,12,14,16-17,20,28-29H,3-4,8-9,11H2,1-2H3,(H-,33,34,35)/t14-,16-,17-,20-/m1/s1. The Labute approximate surface area is 220 Å². The van der Waals surface area contributed by atoms with Crippen LogP contribution in [0.3, 0.4) is 0 Å². The number of imidazole rings is 1. The summed E-state index contributed by atoms with van der Waals surface area (Å²) in [5.74, 6) is -0.731. The minimum Gasteiger partial charge on any atom is -0.756 e. The third-order valence-electron chi connectivity index (χ3n) is 6.27. The summed E-state index contributed by atoms with van der Waals surface area (Å²) in [6.45, 7) is 3.19. The van der Waals surface area contributed by atoms with Crippen molar-refractivity contribution in [3.63, 3.8) is 0 Å². The van der Waals surface area contributed by atoms with E-state index in [1.807, 2.05) is 0 Å². The molecule has 4 rings (SSSR count). The fraction of sp³-hybridized carbons (Fsp3) is 0.500. The van der Waals surface area contributed by atoms with Crippen LogP contribution in [0.1, 0.15) is 30.4 Å². The van der Waals surface area contributed by atoms with Gasteiger partial charge in [0.15, 0.2) is 29.7 Å². The predicted octanol–water partition coefficient (Wildman–Crippen LogP) is -2.36. The maximum Gasteiger partial charge on any atom is 0.344 e. The van der Waals surface area contributed by atoms with Gasteiger partial charge in [-0.3, -0.25) is 18.5 Å². The zero-order valence-electron chi connectivity index (χ0n) is 21.0. The number of phosphoric acid groups is 1. The van der Waals surface area contributed by atoms with Gasteiger partial charge in [-0.15, -0.1) is 0 Å². The van der Waals surface area contributed by atoms with E-state index in [9.17, 15) is 34.1 Å². The average Bonchev–Trinajstić information content (AvgIpc) is 3.44. The lowest BCUT2D eigenvalue weighted by Gasteiger charge is -2.19. The van der Waals surface area contributed by atoms with Crippen molar-refractivity contribution in [2.75, 3.05) is 13.2 Å². The third-order valence-corrected chi connectivity index (χ3v) is 6.75. The summed E-state index contributed by atoms with van der Waals surface area (Å²) in [6.07, 6.45) is -1.33. The van der Waals surface area contributed by atoms with E-state index in [4.69, 9.17) is 14.4 Å². The first-order valence-corrected chi connectivity index (χ1v) is 13.5. The summed E-state index contributed by atoms with van der Waals surface area (Å²) in [7, 11) is -5.06. The first kappa shape index (κ1) is 28.8. The number of hydrogen-bond donors (Lipinski definition) is 3. The Hall–Kier alpha value is -3.24. The maximum absolute atomic E-state index is 12.9. The number of ether oxygens (including phenoxy) is 2.